The van der Waals surface area contributed by atoms with Crippen molar-refractivity contribution in [3.63, 3.8) is 0 Å². The maximum atomic E-state index is 11.9. The number of nitrogens with one attached hydrogen (secondary N) is 3. The predicted molar refractivity (Wildman–Crippen MR) is 95.3 cm³/mol. The van der Waals surface area contributed by atoms with Gasteiger partial charge in [-0.2, -0.15) is 0 Å². The van der Waals surface area contributed by atoms with E-state index in [0.717, 1.165) is 11.3 Å². The van der Waals surface area contributed by atoms with E-state index >= 15 is 0 Å². The summed E-state index contributed by atoms with van der Waals surface area (Å²) in [7, 11) is 1.60. The average Bonchev–Trinajstić information content (AvgIpc) is 3.04. The summed E-state index contributed by atoms with van der Waals surface area (Å²) in [5.74, 6) is 1.18. The molecule has 0 aliphatic carbocycles. The number of oxazole rings is 1. The monoisotopic (exact) mass is 344 g/mol. The maximum absolute atomic E-state index is 11.9. The van der Waals surface area contributed by atoms with Gasteiger partial charge in [0.05, 0.1) is 19.2 Å². The smallest absolute Gasteiger partial charge is 0.319 e. The van der Waals surface area contributed by atoms with Crippen molar-refractivity contribution in [1.82, 2.24) is 15.6 Å². The van der Waals surface area contributed by atoms with Crippen molar-refractivity contribution in [2.24, 2.45) is 0 Å². The zero-order valence-electron chi connectivity index (χ0n) is 15.0. The number of aromatic nitrogens is 1. The molecule has 1 aromatic carbocycles. The van der Waals surface area contributed by atoms with Gasteiger partial charge in [-0.25, -0.2) is 9.78 Å². The zero-order valence-corrected chi connectivity index (χ0v) is 15.0. The van der Waals surface area contributed by atoms with Crippen LogP contribution in [0.15, 0.2) is 34.9 Å². The molecule has 0 unspecified atom stereocenters. The van der Waals surface area contributed by atoms with E-state index in [9.17, 15) is 9.59 Å². The third-order valence-corrected chi connectivity index (χ3v) is 3.55. The first-order valence-electron chi connectivity index (χ1n) is 8.07. The molecule has 25 heavy (non-hydrogen) atoms. The first-order chi connectivity index (χ1) is 11.8. The molecule has 0 atom stereocenters. The van der Waals surface area contributed by atoms with Crippen LogP contribution in [0.1, 0.15) is 38.0 Å². The van der Waals surface area contributed by atoms with Crippen molar-refractivity contribution in [2.75, 3.05) is 12.4 Å². The molecular weight excluding hydrogens is 320 g/mol. The van der Waals surface area contributed by atoms with E-state index in [4.69, 9.17) is 4.42 Å². The quantitative estimate of drug-likeness (QED) is 0.777. The first-order valence-corrected chi connectivity index (χ1v) is 8.07. The highest BCUT2D eigenvalue weighted by atomic mass is 16.4. The molecule has 7 nitrogen and oxygen atoms in total. The van der Waals surface area contributed by atoms with Crippen LogP contribution in [0.5, 0.6) is 0 Å². The number of carbonyl (C=O) groups is 2. The average molecular weight is 344 g/mol. The van der Waals surface area contributed by atoms with E-state index in [1.807, 2.05) is 20.8 Å². The lowest BCUT2D eigenvalue weighted by atomic mass is 9.94. The SMILES string of the molecule is CNC(=O)Cc1ccc(NC(=O)NCc2ncc(C(C)(C)C)o2)cc1. The highest BCUT2D eigenvalue weighted by Crippen LogP contribution is 2.22. The zero-order chi connectivity index (χ0) is 18.4. The van der Waals surface area contributed by atoms with Gasteiger partial charge in [0.1, 0.15) is 5.76 Å². The molecule has 0 aliphatic rings. The Hall–Kier alpha value is -2.83. The Bertz CT molecular complexity index is 730. The Morgan fingerprint density at radius 1 is 1.16 bits per heavy atom. The minimum absolute atomic E-state index is 0.0565. The molecule has 7 heteroatoms. The Kier molecular flexibility index (Phi) is 5.80. The fourth-order valence-electron chi connectivity index (χ4n) is 2.05. The molecule has 2 aromatic rings. The van der Waals surface area contributed by atoms with Gasteiger partial charge < -0.3 is 20.4 Å². The van der Waals surface area contributed by atoms with Crippen molar-refractivity contribution in [3.8, 4) is 0 Å². The summed E-state index contributed by atoms with van der Waals surface area (Å²) in [5.41, 5.74) is 1.39. The number of carbonyl (C=O) groups excluding carboxylic acids is 2. The number of amides is 3. The van der Waals surface area contributed by atoms with Gasteiger partial charge in [0, 0.05) is 18.2 Å². The Morgan fingerprint density at radius 3 is 2.40 bits per heavy atom. The molecule has 3 N–H and O–H groups in total. The molecule has 3 amide bonds. The second-order valence-corrected chi connectivity index (χ2v) is 6.72. The lowest BCUT2D eigenvalue weighted by molar-refractivity contribution is -0.119. The number of likely N-dealkylation sites (N-methyl/N-ethyl adjacent to an activating group) is 1. The van der Waals surface area contributed by atoms with Gasteiger partial charge in [-0.3, -0.25) is 4.79 Å². The minimum Gasteiger partial charge on any atom is -0.443 e. The summed E-state index contributed by atoms with van der Waals surface area (Å²) in [6.07, 6.45) is 1.99. The topological polar surface area (TPSA) is 96.3 Å². The van der Waals surface area contributed by atoms with Crippen LogP contribution in [0.25, 0.3) is 0 Å². The molecule has 134 valence electrons. The Morgan fingerprint density at radius 2 is 1.84 bits per heavy atom. The molecule has 0 saturated carbocycles. The number of urea groups is 1. The molecule has 1 heterocycles. The van der Waals surface area contributed by atoms with Gasteiger partial charge >= 0.3 is 6.03 Å². The second kappa shape index (κ2) is 7.83. The third kappa shape index (κ3) is 5.63. The molecule has 0 fully saturated rings. The van der Waals surface area contributed by atoms with Gasteiger partial charge in [-0.1, -0.05) is 32.9 Å². The van der Waals surface area contributed by atoms with Crippen LogP contribution < -0.4 is 16.0 Å². The van der Waals surface area contributed by atoms with E-state index in [-0.39, 0.29) is 23.9 Å². The number of hydrogen-bond donors (Lipinski definition) is 3. The van der Waals surface area contributed by atoms with Gasteiger partial charge in [0.2, 0.25) is 11.8 Å². The van der Waals surface area contributed by atoms with E-state index < -0.39 is 0 Å². The van der Waals surface area contributed by atoms with Crippen LogP contribution in [-0.4, -0.2) is 24.0 Å². The predicted octanol–water partition coefficient (Wildman–Crippen LogP) is 2.58. The largest absolute Gasteiger partial charge is 0.443 e. The highest BCUT2D eigenvalue weighted by molar-refractivity contribution is 5.89. The van der Waals surface area contributed by atoms with Crippen LogP contribution in [0.2, 0.25) is 0 Å². The lowest BCUT2D eigenvalue weighted by Gasteiger charge is -2.13. The number of nitrogens with zero attached hydrogens (tertiary/aromatic N) is 1. The Balaban J connectivity index is 1.84. The molecule has 1 aromatic heterocycles. The molecule has 0 spiro atoms. The molecule has 0 bridgehead atoms. The van der Waals surface area contributed by atoms with E-state index in [2.05, 4.69) is 20.9 Å². The number of rotatable bonds is 5. The van der Waals surface area contributed by atoms with E-state index in [0.29, 0.717) is 18.0 Å². The van der Waals surface area contributed by atoms with E-state index in [1.54, 1.807) is 37.5 Å². The lowest BCUT2D eigenvalue weighted by Crippen LogP contribution is -2.28. The molecular formula is C18H24N4O3. The second-order valence-electron chi connectivity index (χ2n) is 6.72. The Labute approximate surface area is 147 Å². The minimum atomic E-state index is -0.352. The molecule has 0 aliphatic heterocycles. The van der Waals surface area contributed by atoms with Gasteiger partial charge in [-0.15, -0.1) is 0 Å². The van der Waals surface area contributed by atoms with Crippen LogP contribution in [0.4, 0.5) is 10.5 Å². The molecule has 0 saturated heterocycles. The van der Waals surface area contributed by atoms with Gasteiger partial charge in [0.15, 0.2) is 0 Å². The summed E-state index contributed by atoms with van der Waals surface area (Å²) in [6, 6.07) is 6.75. The molecule has 0 radical (unpaired) electrons. The summed E-state index contributed by atoms with van der Waals surface area (Å²) in [6.45, 7) is 6.30. The third-order valence-electron chi connectivity index (χ3n) is 3.55. The summed E-state index contributed by atoms with van der Waals surface area (Å²) in [4.78, 5) is 27.4. The maximum Gasteiger partial charge on any atom is 0.319 e. The van der Waals surface area contributed by atoms with Crippen LogP contribution in [0.3, 0.4) is 0 Å². The van der Waals surface area contributed by atoms with Crippen LogP contribution in [-0.2, 0) is 23.2 Å². The standard InChI is InChI=1S/C18H24N4O3/c1-18(2,3)14-10-20-16(25-14)11-21-17(24)22-13-7-5-12(6-8-13)9-15(23)19-4/h5-8,10H,9,11H2,1-4H3,(H,19,23)(H2,21,22,24). The summed E-state index contributed by atoms with van der Waals surface area (Å²) >= 11 is 0. The van der Waals surface area contributed by atoms with Gasteiger partial charge in [-0.05, 0) is 17.7 Å². The van der Waals surface area contributed by atoms with Crippen molar-refractivity contribution in [1.29, 1.82) is 0 Å². The fourth-order valence-corrected chi connectivity index (χ4v) is 2.05. The van der Waals surface area contributed by atoms with E-state index in [1.165, 1.54) is 0 Å². The van der Waals surface area contributed by atoms with Crippen molar-refractivity contribution in [2.45, 2.75) is 39.2 Å². The van der Waals surface area contributed by atoms with Crippen molar-refractivity contribution < 1.29 is 14.0 Å². The van der Waals surface area contributed by atoms with Crippen LogP contribution >= 0.6 is 0 Å². The molecule has 2 rings (SSSR count). The van der Waals surface area contributed by atoms with Crippen molar-refractivity contribution >= 4 is 17.6 Å². The van der Waals surface area contributed by atoms with Gasteiger partial charge in [0.25, 0.3) is 0 Å². The fraction of sp³-hybridized carbons (Fsp3) is 0.389. The number of anilines is 1. The summed E-state index contributed by atoms with van der Waals surface area (Å²) in [5, 5.41) is 7.99. The summed E-state index contributed by atoms with van der Waals surface area (Å²) < 4.78 is 5.62. The number of benzene rings is 1. The van der Waals surface area contributed by atoms with Crippen molar-refractivity contribution in [3.05, 3.63) is 47.7 Å². The first kappa shape index (κ1) is 18.5. The van der Waals surface area contributed by atoms with Crippen LogP contribution in [0, 0.1) is 0 Å². The normalized spacial score (nSPS) is 11.0. The highest BCUT2D eigenvalue weighted by Gasteiger charge is 2.19. The number of hydrogen-bond acceptors (Lipinski definition) is 4.